The molecule has 11 heteroatoms. The van der Waals surface area contributed by atoms with Crippen LogP contribution >= 0.6 is 11.9 Å². The second-order valence-electron chi connectivity index (χ2n) is 7.38. The second-order valence-corrected chi connectivity index (χ2v) is 8.48. The van der Waals surface area contributed by atoms with Gasteiger partial charge in [-0.15, -0.1) is 0 Å². The highest BCUT2D eigenvalue weighted by Crippen LogP contribution is 2.30. The van der Waals surface area contributed by atoms with Crippen LogP contribution in [0.15, 0.2) is 82.8 Å². The summed E-state index contributed by atoms with van der Waals surface area (Å²) >= 11 is 1.38. The van der Waals surface area contributed by atoms with Crippen LogP contribution in [0.25, 0.3) is 0 Å². The van der Waals surface area contributed by atoms with Crippen molar-refractivity contribution in [1.29, 1.82) is 0 Å². The predicted octanol–water partition coefficient (Wildman–Crippen LogP) is 2.95. The maximum atomic E-state index is 12.8. The Bertz CT molecular complexity index is 1280. The first-order chi connectivity index (χ1) is 16.9. The molecule has 3 N–H and O–H groups in total. The maximum Gasteiger partial charge on any atom is 0.356 e. The van der Waals surface area contributed by atoms with Gasteiger partial charge in [0.2, 0.25) is 0 Å². The molecule has 1 aliphatic heterocycles. The van der Waals surface area contributed by atoms with Crippen LogP contribution in [0.1, 0.15) is 12.5 Å². The van der Waals surface area contributed by atoms with Gasteiger partial charge in [0, 0.05) is 28.3 Å². The number of hydrogen-bond acceptors (Lipinski definition) is 8. The molecule has 0 bridgehead atoms. The van der Waals surface area contributed by atoms with E-state index in [1.54, 1.807) is 0 Å². The van der Waals surface area contributed by atoms with E-state index in [0.717, 1.165) is 21.8 Å². The van der Waals surface area contributed by atoms with E-state index < -0.39 is 10.8 Å². The Balaban J connectivity index is 1.50. The summed E-state index contributed by atoms with van der Waals surface area (Å²) in [5.74, 6) is -0.0987. The van der Waals surface area contributed by atoms with E-state index in [4.69, 9.17) is 4.74 Å². The summed E-state index contributed by atoms with van der Waals surface area (Å²) in [5, 5.41) is 17.8. The zero-order valence-electron chi connectivity index (χ0n) is 18.7. The highest BCUT2D eigenvalue weighted by molar-refractivity contribution is 8.00. The topological polar surface area (TPSA) is 131 Å². The van der Waals surface area contributed by atoms with E-state index in [0.29, 0.717) is 12.3 Å². The van der Waals surface area contributed by atoms with E-state index in [-0.39, 0.29) is 29.4 Å². The van der Waals surface area contributed by atoms with Crippen LogP contribution in [0, 0.1) is 10.1 Å². The second kappa shape index (κ2) is 10.8. The molecule has 35 heavy (non-hydrogen) atoms. The van der Waals surface area contributed by atoms with Gasteiger partial charge in [-0.1, -0.05) is 23.3 Å². The Labute approximate surface area is 205 Å². The summed E-state index contributed by atoms with van der Waals surface area (Å²) in [6.07, 6.45) is 0. The Morgan fingerprint density at radius 2 is 1.89 bits per heavy atom. The van der Waals surface area contributed by atoms with Crippen molar-refractivity contribution in [3.8, 4) is 5.75 Å². The van der Waals surface area contributed by atoms with Gasteiger partial charge >= 0.3 is 5.91 Å². The number of non-ortho nitro benzene ring substituents is 1. The third-order valence-electron chi connectivity index (χ3n) is 4.96. The van der Waals surface area contributed by atoms with Crippen molar-refractivity contribution < 1.29 is 24.7 Å². The lowest BCUT2D eigenvalue weighted by atomic mass is 10.1. The number of nitrogens with two attached hydrogens (primary N) is 1. The lowest BCUT2D eigenvalue weighted by molar-refractivity contribution is -0.573. The van der Waals surface area contributed by atoms with Crippen molar-refractivity contribution in [3.63, 3.8) is 0 Å². The SMILES string of the molecule is CCOc1ccc(SN(CC(=O)[NH2+]N=C2C(=O)Nc3ccc([N+](=O)[O-])cc32)c2ccccc2)cc1. The average molecular weight is 493 g/mol. The zero-order chi connectivity index (χ0) is 24.8. The van der Waals surface area contributed by atoms with Gasteiger partial charge in [-0.2, -0.15) is 5.43 Å². The molecule has 178 valence electrons. The first-order valence-corrected chi connectivity index (χ1v) is 11.5. The van der Waals surface area contributed by atoms with Crippen LogP contribution in [0.2, 0.25) is 0 Å². The number of primary amides is 1. The number of carbonyl (C=O) groups excluding carboxylic acids is 2. The van der Waals surface area contributed by atoms with Crippen molar-refractivity contribution in [2.75, 3.05) is 22.8 Å². The van der Waals surface area contributed by atoms with E-state index in [2.05, 4.69) is 10.4 Å². The average Bonchev–Trinajstić information content (AvgIpc) is 3.18. The van der Waals surface area contributed by atoms with E-state index in [9.17, 15) is 19.7 Å². The van der Waals surface area contributed by atoms with Crippen LogP contribution < -0.4 is 19.8 Å². The van der Waals surface area contributed by atoms with Crippen molar-refractivity contribution >= 4 is 46.5 Å². The van der Waals surface area contributed by atoms with Crippen molar-refractivity contribution in [3.05, 3.63) is 88.5 Å². The van der Waals surface area contributed by atoms with Gasteiger partial charge in [0.25, 0.3) is 11.6 Å². The molecule has 10 nitrogen and oxygen atoms in total. The van der Waals surface area contributed by atoms with Gasteiger partial charge < -0.3 is 10.1 Å². The maximum absolute atomic E-state index is 12.8. The number of nitro groups is 1. The molecule has 0 unspecified atom stereocenters. The third kappa shape index (κ3) is 5.83. The van der Waals surface area contributed by atoms with Crippen molar-refractivity contribution in [2.45, 2.75) is 11.8 Å². The Morgan fingerprint density at radius 1 is 1.14 bits per heavy atom. The number of anilines is 2. The van der Waals surface area contributed by atoms with E-state index in [1.165, 1.54) is 30.1 Å². The first-order valence-electron chi connectivity index (χ1n) is 10.7. The largest absolute Gasteiger partial charge is 0.494 e. The number of quaternary nitrogens is 1. The number of nitro benzene ring substituents is 1. The van der Waals surface area contributed by atoms with Gasteiger partial charge in [0.15, 0.2) is 5.71 Å². The lowest BCUT2D eigenvalue weighted by Crippen LogP contribution is -2.84. The lowest BCUT2D eigenvalue weighted by Gasteiger charge is -2.21. The highest BCUT2D eigenvalue weighted by atomic mass is 32.2. The van der Waals surface area contributed by atoms with E-state index >= 15 is 0 Å². The molecule has 1 heterocycles. The van der Waals surface area contributed by atoms with Crippen molar-refractivity contribution in [1.82, 2.24) is 0 Å². The Kier molecular flexibility index (Phi) is 7.38. The molecule has 3 aromatic carbocycles. The number of nitrogens with one attached hydrogen (secondary N) is 1. The van der Waals surface area contributed by atoms with E-state index in [1.807, 2.05) is 65.8 Å². The van der Waals surface area contributed by atoms with Gasteiger partial charge in [-0.05, 0) is 61.3 Å². The highest BCUT2D eigenvalue weighted by Gasteiger charge is 2.30. The standard InChI is InChI=1S/C24H21N5O5S/c1-2-34-18-9-11-19(12-10-18)35-28(16-6-4-3-5-7-16)15-22(30)26-27-23-20-14-17(29(32)33)8-13-21(20)25-24(23)31/h3-14H,2,15H2,1H3,(H,26,30)(H,25,27,31)/p+1. The Morgan fingerprint density at radius 3 is 2.57 bits per heavy atom. The minimum absolute atomic E-state index is 0.0118. The number of benzene rings is 3. The summed E-state index contributed by atoms with van der Waals surface area (Å²) in [6.45, 7) is 2.48. The minimum Gasteiger partial charge on any atom is -0.494 e. The molecule has 0 fully saturated rings. The molecule has 4 rings (SSSR count). The number of amides is 2. The normalized spacial score (nSPS) is 13.3. The molecule has 3 aromatic rings. The molecule has 0 radical (unpaired) electrons. The molecule has 0 aliphatic carbocycles. The third-order valence-corrected chi connectivity index (χ3v) is 6.01. The minimum atomic E-state index is -0.550. The summed E-state index contributed by atoms with van der Waals surface area (Å²) in [7, 11) is 0. The smallest absolute Gasteiger partial charge is 0.356 e. The fourth-order valence-corrected chi connectivity index (χ4v) is 4.29. The molecular weight excluding hydrogens is 470 g/mol. The molecule has 1 aliphatic rings. The number of hydrogen-bond donors (Lipinski definition) is 2. The molecule has 0 saturated carbocycles. The van der Waals surface area contributed by atoms with Gasteiger partial charge in [-0.25, -0.2) is 4.79 Å². The zero-order valence-corrected chi connectivity index (χ0v) is 19.5. The number of fused-ring (bicyclic) bond motifs is 1. The molecule has 0 atom stereocenters. The molecule has 2 amide bonds. The fourth-order valence-electron chi connectivity index (χ4n) is 3.36. The summed E-state index contributed by atoms with van der Waals surface area (Å²) < 4.78 is 7.30. The van der Waals surface area contributed by atoms with Crippen LogP contribution in [-0.2, 0) is 9.59 Å². The van der Waals surface area contributed by atoms with Crippen molar-refractivity contribution in [2.24, 2.45) is 5.10 Å². The van der Waals surface area contributed by atoms with Crippen LogP contribution in [0.3, 0.4) is 0 Å². The van der Waals surface area contributed by atoms with Crippen LogP contribution in [-0.4, -0.2) is 35.6 Å². The fraction of sp³-hybridized carbons (Fsp3) is 0.125. The molecule has 0 spiro atoms. The number of nitrogens with zero attached hydrogens (tertiary/aromatic N) is 3. The summed E-state index contributed by atoms with van der Waals surface area (Å²) in [4.78, 5) is 36.6. The number of carbonyl (C=O) groups is 2. The molecule has 0 saturated heterocycles. The first kappa shape index (κ1) is 23.9. The van der Waals surface area contributed by atoms with Gasteiger partial charge in [-0.3, -0.25) is 19.2 Å². The molecule has 0 aromatic heterocycles. The van der Waals surface area contributed by atoms with Crippen LogP contribution in [0.4, 0.5) is 17.1 Å². The van der Waals surface area contributed by atoms with Gasteiger partial charge in [0.05, 0.1) is 17.2 Å². The van der Waals surface area contributed by atoms with Gasteiger partial charge in [0.1, 0.15) is 12.3 Å². The number of para-hydroxylation sites is 1. The Hall–Kier alpha value is -4.22. The predicted molar refractivity (Wildman–Crippen MR) is 132 cm³/mol. The van der Waals surface area contributed by atoms with Crippen LogP contribution in [0.5, 0.6) is 5.75 Å². The number of ether oxygens (including phenoxy) is 1. The molecular formula is C24H22N5O5S+. The summed E-state index contributed by atoms with van der Waals surface area (Å²) in [5.41, 5.74) is 2.40. The monoisotopic (exact) mass is 492 g/mol. The summed E-state index contributed by atoms with van der Waals surface area (Å²) in [6, 6.07) is 21.0. The number of rotatable bonds is 9. The quantitative estimate of drug-likeness (QED) is 0.203.